The fourth-order valence-corrected chi connectivity index (χ4v) is 8.78. The third kappa shape index (κ3) is 11.3. The Morgan fingerprint density at radius 3 is 1.86 bits per heavy atom. The van der Waals surface area contributed by atoms with Crippen LogP contribution in [0.25, 0.3) is 0 Å². The van der Waals surface area contributed by atoms with Crippen LogP contribution in [0, 0.1) is 28.6 Å². The molecule has 5 rings (SSSR count). The van der Waals surface area contributed by atoms with E-state index in [1.807, 2.05) is 6.07 Å². The fourth-order valence-electron chi connectivity index (χ4n) is 8.78. The van der Waals surface area contributed by atoms with Crippen LogP contribution in [0.5, 0.6) is 0 Å². The van der Waals surface area contributed by atoms with Gasteiger partial charge >= 0.3 is 6.09 Å². The second kappa shape index (κ2) is 18.0. The van der Waals surface area contributed by atoms with Crippen molar-refractivity contribution in [2.24, 2.45) is 40.4 Å². The maximum Gasteiger partial charge on any atom is 0.405 e. The number of hydrogen-bond acceptors (Lipinski definition) is 7. The Morgan fingerprint density at radius 2 is 1.30 bits per heavy atom. The number of amides is 5. The highest BCUT2D eigenvalue weighted by molar-refractivity contribution is 5.95. The molecule has 4 atom stereocenters. The van der Waals surface area contributed by atoms with Crippen LogP contribution >= 0.6 is 0 Å². The smallest absolute Gasteiger partial charge is 0.405 e. The average Bonchev–Trinajstić information content (AvgIpc) is 3.04. The zero-order valence-electron chi connectivity index (χ0n) is 28.8. The molecule has 276 valence electrons. The van der Waals surface area contributed by atoms with Crippen LogP contribution in [-0.4, -0.2) is 78.0 Å². The SMILES string of the molecule is N=C(N)NCCCC(NC(=O)C(CC12CC3CC(CC(C3)C1)C2)NC(=O)O)C(=O)NC(Cc1ccccc1)C(=O)NC(CCCCN)C(N)=O. The largest absolute Gasteiger partial charge is 0.465 e. The number of nitrogens with one attached hydrogen (secondary N) is 6. The highest BCUT2D eigenvalue weighted by atomic mass is 16.4. The summed E-state index contributed by atoms with van der Waals surface area (Å²) < 4.78 is 0. The lowest BCUT2D eigenvalue weighted by molar-refractivity contribution is -0.134. The van der Waals surface area contributed by atoms with Gasteiger partial charge in [0.25, 0.3) is 0 Å². The van der Waals surface area contributed by atoms with Crippen molar-refractivity contribution in [1.82, 2.24) is 26.6 Å². The Morgan fingerprint density at radius 1 is 0.760 bits per heavy atom. The molecule has 0 aromatic heterocycles. The van der Waals surface area contributed by atoms with Gasteiger partial charge in [-0.15, -0.1) is 0 Å². The van der Waals surface area contributed by atoms with E-state index in [-0.39, 0.29) is 37.2 Å². The van der Waals surface area contributed by atoms with Gasteiger partial charge in [-0.05, 0) is 112 Å². The second-order valence-electron chi connectivity index (χ2n) is 14.7. The summed E-state index contributed by atoms with van der Waals surface area (Å²) in [4.78, 5) is 65.6. The predicted molar refractivity (Wildman–Crippen MR) is 187 cm³/mol. The Labute approximate surface area is 293 Å². The zero-order chi connectivity index (χ0) is 36.3. The summed E-state index contributed by atoms with van der Waals surface area (Å²) in [5, 5.41) is 30.5. The van der Waals surface area contributed by atoms with Gasteiger partial charge in [-0.25, -0.2) is 4.79 Å². The van der Waals surface area contributed by atoms with E-state index in [2.05, 4.69) is 26.6 Å². The number of carbonyl (C=O) groups is 5. The molecular weight excluding hydrogens is 642 g/mol. The number of nitrogens with two attached hydrogens (primary N) is 3. The molecule has 4 saturated carbocycles. The number of benzene rings is 1. The molecular formula is C35H55N9O6. The van der Waals surface area contributed by atoms with Gasteiger partial charge in [0.1, 0.15) is 24.2 Å². The Kier molecular flexibility index (Phi) is 13.8. The van der Waals surface area contributed by atoms with Crippen molar-refractivity contribution >= 4 is 35.7 Å². The average molecular weight is 698 g/mol. The first-order valence-corrected chi connectivity index (χ1v) is 17.9. The van der Waals surface area contributed by atoms with Gasteiger partial charge in [-0.3, -0.25) is 24.6 Å². The minimum Gasteiger partial charge on any atom is -0.465 e. The van der Waals surface area contributed by atoms with E-state index in [0.717, 1.165) is 24.8 Å². The van der Waals surface area contributed by atoms with Gasteiger partial charge < -0.3 is 48.9 Å². The van der Waals surface area contributed by atoms with E-state index in [1.54, 1.807) is 24.3 Å². The Hall–Kier alpha value is -4.40. The molecule has 0 heterocycles. The van der Waals surface area contributed by atoms with Crippen molar-refractivity contribution < 1.29 is 29.1 Å². The van der Waals surface area contributed by atoms with E-state index >= 15 is 0 Å². The molecule has 13 N–H and O–H groups in total. The third-order valence-electron chi connectivity index (χ3n) is 10.6. The number of primary amides is 1. The van der Waals surface area contributed by atoms with Crippen molar-refractivity contribution in [1.29, 1.82) is 5.41 Å². The first kappa shape index (κ1) is 38.4. The highest BCUT2D eigenvalue weighted by Crippen LogP contribution is 2.61. The monoisotopic (exact) mass is 697 g/mol. The molecule has 15 heteroatoms. The molecule has 4 fully saturated rings. The van der Waals surface area contributed by atoms with Crippen LogP contribution < -0.4 is 43.8 Å². The number of carboxylic acid groups (broad SMARTS) is 1. The molecule has 0 radical (unpaired) electrons. The lowest BCUT2D eigenvalue weighted by Gasteiger charge is -2.57. The van der Waals surface area contributed by atoms with E-state index in [0.29, 0.717) is 50.0 Å². The topological polar surface area (TPSA) is 268 Å². The highest BCUT2D eigenvalue weighted by Gasteiger charge is 2.52. The minimum atomic E-state index is -1.32. The zero-order valence-corrected chi connectivity index (χ0v) is 28.8. The van der Waals surface area contributed by atoms with Crippen LogP contribution in [0.4, 0.5) is 4.79 Å². The number of rotatable bonds is 20. The molecule has 5 amide bonds. The predicted octanol–water partition coefficient (Wildman–Crippen LogP) is 0.804. The lowest BCUT2D eigenvalue weighted by Crippen LogP contribution is -2.59. The summed E-state index contributed by atoms with van der Waals surface area (Å²) in [6.45, 7) is 0.669. The number of unbranched alkanes of at least 4 members (excludes halogenated alkanes) is 1. The number of carbonyl (C=O) groups excluding carboxylic acids is 4. The van der Waals surface area contributed by atoms with Crippen molar-refractivity contribution in [2.45, 2.75) is 108 Å². The molecule has 0 aliphatic heterocycles. The summed E-state index contributed by atoms with van der Waals surface area (Å²) >= 11 is 0. The quantitative estimate of drug-likeness (QED) is 0.0524. The van der Waals surface area contributed by atoms with Gasteiger partial charge in [0.2, 0.25) is 23.6 Å². The molecule has 15 nitrogen and oxygen atoms in total. The van der Waals surface area contributed by atoms with Crippen LogP contribution in [0.3, 0.4) is 0 Å². The molecule has 1 aromatic carbocycles. The lowest BCUT2D eigenvalue weighted by atomic mass is 9.48. The summed E-state index contributed by atoms with van der Waals surface area (Å²) in [5.74, 6) is -1.03. The van der Waals surface area contributed by atoms with Crippen LogP contribution in [0.2, 0.25) is 0 Å². The van der Waals surface area contributed by atoms with Gasteiger partial charge in [-0.1, -0.05) is 30.3 Å². The Balaban J connectivity index is 1.52. The van der Waals surface area contributed by atoms with Crippen molar-refractivity contribution in [3.05, 3.63) is 35.9 Å². The molecule has 4 aliphatic carbocycles. The van der Waals surface area contributed by atoms with Crippen LogP contribution in [-0.2, 0) is 25.6 Å². The summed E-state index contributed by atoms with van der Waals surface area (Å²) in [6, 6.07) is 4.72. The summed E-state index contributed by atoms with van der Waals surface area (Å²) in [6.07, 6.45) is 7.56. The molecule has 0 spiro atoms. The molecule has 4 aliphatic rings. The van der Waals surface area contributed by atoms with E-state index in [4.69, 9.17) is 22.6 Å². The summed E-state index contributed by atoms with van der Waals surface area (Å²) in [7, 11) is 0. The van der Waals surface area contributed by atoms with Crippen molar-refractivity contribution in [2.75, 3.05) is 13.1 Å². The van der Waals surface area contributed by atoms with Crippen molar-refractivity contribution in [3.63, 3.8) is 0 Å². The molecule has 4 unspecified atom stereocenters. The van der Waals surface area contributed by atoms with E-state index in [1.165, 1.54) is 19.3 Å². The molecule has 4 bridgehead atoms. The van der Waals surface area contributed by atoms with Crippen molar-refractivity contribution in [3.8, 4) is 0 Å². The fraction of sp³-hybridized carbons (Fsp3) is 0.657. The maximum absolute atomic E-state index is 14.0. The minimum absolute atomic E-state index is 0.0917. The molecule has 0 saturated heterocycles. The number of guanidine groups is 1. The van der Waals surface area contributed by atoms with E-state index < -0.39 is 53.9 Å². The summed E-state index contributed by atoms with van der Waals surface area (Å²) in [5.41, 5.74) is 17.2. The third-order valence-corrected chi connectivity index (χ3v) is 10.6. The van der Waals surface area contributed by atoms with Gasteiger partial charge in [0, 0.05) is 13.0 Å². The Bertz CT molecular complexity index is 1320. The van der Waals surface area contributed by atoms with Crippen LogP contribution in [0.15, 0.2) is 30.3 Å². The standard InChI is InChI=1S/C35H55N9O6/c36-11-5-4-9-25(29(37)45)41-31(47)27(16-21-7-2-1-3-8-21)43-30(46)26(10-6-12-40-33(38)39)42-32(48)28(44-34(49)50)20-35-17-22-13-23(18-35)15-24(14-22)19-35/h1-3,7-8,22-28,44H,4-6,9-20,36H2,(H2,37,45)(H,41,47)(H,42,48)(H,43,46)(H,49,50)(H4,38,39,40). The van der Waals surface area contributed by atoms with Gasteiger partial charge in [0.15, 0.2) is 5.96 Å². The normalized spacial score (nSPS) is 24.2. The van der Waals surface area contributed by atoms with Gasteiger partial charge in [-0.2, -0.15) is 0 Å². The van der Waals surface area contributed by atoms with Crippen LogP contribution in [0.1, 0.15) is 82.6 Å². The maximum atomic E-state index is 14.0. The first-order chi connectivity index (χ1) is 23.9. The number of hydrogen-bond donors (Lipinski definition) is 10. The first-order valence-electron chi connectivity index (χ1n) is 17.9. The van der Waals surface area contributed by atoms with Gasteiger partial charge in [0.05, 0.1) is 0 Å². The van der Waals surface area contributed by atoms with E-state index in [9.17, 15) is 29.1 Å². The molecule has 50 heavy (non-hydrogen) atoms. The second-order valence-corrected chi connectivity index (χ2v) is 14.7. The molecule has 1 aromatic rings.